The molecule has 0 saturated carbocycles. The van der Waals surface area contributed by atoms with E-state index >= 15 is 0 Å². The van der Waals surface area contributed by atoms with Crippen molar-refractivity contribution < 1.29 is 9.90 Å². The maximum absolute atomic E-state index is 12.0. The van der Waals surface area contributed by atoms with E-state index in [1.807, 2.05) is 0 Å². The number of rotatable bonds is 2. The van der Waals surface area contributed by atoms with Crippen molar-refractivity contribution in [3.63, 3.8) is 0 Å². The van der Waals surface area contributed by atoms with Gasteiger partial charge in [0.2, 0.25) is 5.28 Å². The molecule has 8 heteroatoms. The topological polar surface area (TPSA) is 75.1 Å². The number of hydrogen-bond donors (Lipinski definition) is 2. The molecule has 0 aliphatic heterocycles. The quantitative estimate of drug-likeness (QED) is 0.633. The number of anilines is 1. The van der Waals surface area contributed by atoms with Crippen LogP contribution in [0.4, 0.5) is 5.82 Å². The minimum Gasteiger partial charge on any atom is -0.507 e. The number of hydrogen-bond acceptors (Lipinski definition) is 4. The highest BCUT2D eigenvalue weighted by Crippen LogP contribution is 2.23. The van der Waals surface area contributed by atoms with E-state index in [9.17, 15) is 9.90 Å². The van der Waals surface area contributed by atoms with Crippen LogP contribution in [0.3, 0.4) is 0 Å². The molecule has 0 spiro atoms. The van der Waals surface area contributed by atoms with Crippen LogP contribution in [0.5, 0.6) is 5.75 Å². The summed E-state index contributed by atoms with van der Waals surface area (Å²) < 4.78 is 0.661. The van der Waals surface area contributed by atoms with Gasteiger partial charge in [0, 0.05) is 10.5 Å². The third-order valence-electron chi connectivity index (χ3n) is 2.11. The first-order chi connectivity index (χ1) is 8.95. The van der Waals surface area contributed by atoms with Crippen LogP contribution in [0.25, 0.3) is 0 Å². The first kappa shape index (κ1) is 14.0. The molecule has 0 unspecified atom stereocenters. The SMILES string of the molecule is O=C(Nc1cc(Cl)nc(Cl)n1)c1cc(Br)ccc1O. The Morgan fingerprint density at radius 2 is 2.00 bits per heavy atom. The summed E-state index contributed by atoms with van der Waals surface area (Å²) in [5.74, 6) is -0.536. The zero-order valence-corrected chi connectivity index (χ0v) is 12.3. The normalized spacial score (nSPS) is 10.3. The predicted octanol–water partition coefficient (Wildman–Crippen LogP) is 3.50. The van der Waals surface area contributed by atoms with Crippen molar-refractivity contribution in [1.82, 2.24) is 9.97 Å². The molecule has 0 radical (unpaired) electrons. The van der Waals surface area contributed by atoms with E-state index in [0.29, 0.717) is 4.47 Å². The second-order valence-electron chi connectivity index (χ2n) is 3.46. The molecule has 1 heterocycles. The van der Waals surface area contributed by atoms with Crippen LogP contribution in [0.15, 0.2) is 28.7 Å². The molecule has 98 valence electrons. The summed E-state index contributed by atoms with van der Waals surface area (Å²) in [5, 5.41) is 12.1. The number of aromatic nitrogens is 2. The Balaban J connectivity index is 2.28. The summed E-state index contributed by atoms with van der Waals surface area (Å²) in [6, 6.07) is 5.85. The molecular formula is C11H6BrCl2N3O2. The van der Waals surface area contributed by atoms with Crippen molar-refractivity contribution >= 4 is 50.9 Å². The van der Waals surface area contributed by atoms with Crippen LogP contribution in [0.2, 0.25) is 10.4 Å². The van der Waals surface area contributed by atoms with Gasteiger partial charge >= 0.3 is 0 Å². The fourth-order valence-corrected chi connectivity index (χ4v) is 2.10. The van der Waals surface area contributed by atoms with Crippen LogP contribution in [0.1, 0.15) is 10.4 Å². The monoisotopic (exact) mass is 361 g/mol. The lowest BCUT2D eigenvalue weighted by molar-refractivity contribution is 0.102. The lowest BCUT2D eigenvalue weighted by atomic mass is 10.2. The fourth-order valence-electron chi connectivity index (χ4n) is 1.33. The molecule has 0 aliphatic rings. The largest absolute Gasteiger partial charge is 0.507 e. The van der Waals surface area contributed by atoms with E-state index in [4.69, 9.17) is 23.2 Å². The highest BCUT2D eigenvalue weighted by molar-refractivity contribution is 9.10. The summed E-state index contributed by atoms with van der Waals surface area (Å²) in [7, 11) is 0. The third-order valence-corrected chi connectivity index (χ3v) is 2.97. The Kier molecular flexibility index (Phi) is 4.24. The van der Waals surface area contributed by atoms with Gasteiger partial charge in [-0.25, -0.2) is 9.97 Å². The summed E-state index contributed by atoms with van der Waals surface area (Å²) in [4.78, 5) is 19.4. The Bertz CT molecular complexity index is 632. The number of nitrogens with zero attached hydrogens (tertiary/aromatic N) is 2. The smallest absolute Gasteiger partial charge is 0.260 e. The van der Waals surface area contributed by atoms with E-state index in [0.717, 1.165) is 0 Å². The molecular weight excluding hydrogens is 357 g/mol. The van der Waals surface area contributed by atoms with Gasteiger partial charge in [0.15, 0.2) is 0 Å². The third kappa shape index (κ3) is 3.56. The van der Waals surface area contributed by atoms with Gasteiger partial charge in [0.05, 0.1) is 5.56 Å². The number of benzene rings is 1. The standard InChI is InChI=1S/C11H6BrCl2N3O2/c12-5-1-2-7(18)6(3-5)10(19)16-9-4-8(13)15-11(14)17-9/h1-4,18H,(H,15,16,17,19). The highest BCUT2D eigenvalue weighted by atomic mass is 79.9. The minimum atomic E-state index is -0.537. The summed E-state index contributed by atoms with van der Waals surface area (Å²) in [5.41, 5.74) is 0.0974. The molecule has 2 aromatic rings. The Morgan fingerprint density at radius 1 is 1.26 bits per heavy atom. The van der Waals surface area contributed by atoms with E-state index in [1.165, 1.54) is 18.2 Å². The maximum atomic E-state index is 12.0. The lowest BCUT2D eigenvalue weighted by Crippen LogP contribution is -2.13. The second kappa shape index (κ2) is 5.73. The first-order valence-corrected chi connectivity index (χ1v) is 6.50. The van der Waals surface area contributed by atoms with Crippen molar-refractivity contribution in [2.45, 2.75) is 0 Å². The summed E-state index contributed by atoms with van der Waals surface area (Å²) in [6.07, 6.45) is 0. The Labute approximate surface area is 126 Å². The number of phenolic OH excluding ortho intramolecular Hbond substituents is 1. The average Bonchev–Trinajstić information content (AvgIpc) is 2.30. The van der Waals surface area contributed by atoms with Gasteiger partial charge in [-0.05, 0) is 29.8 Å². The van der Waals surface area contributed by atoms with Gasteiger partial charge in [0.1, 0.15) is 16.7 Å². The van der Waals surface area contributed by atoms with Gasteiger partial charge in [-0.15, -0.1) is 0 Å². The van der Waals surface area contributed by atoms with Crippen LogP contribution >= 0.6 is 39.1 Å². The molecule has 1 amide bonds. The highest BCUT2D eigenvalue weighted by Gasteiger charge is 2.13. The van der Waals surface area contributed by atoms with Crippen LogP contribution in [-0.2, 0) is 0 Å². The number of carbonyl (C=O) groups excluding carboxylic acids is 1. The van der Waals surface area contributed by atoms with Crippen molar-refractivity contribution in [1.29, 1.82) is 0 Å². The zero-order chi connectivity index (χ0) is 14.0. The Hall–Kier alpha value is -1.37. The van der Waals surface area contributed by atoms with Gasteiger partial charge in [0.25, 0.3) is 5.91 Å². The minimum absolute atomic E-state index is 0.0822. The first-order valence-electron chi connectivity index (χ1n) is 4.95. The molecule has 19 heavy (non-hydrogen) atoms. The van der Waals surface area contributed by atoms with Crippen molar-refractivity contribution in [3.8, 4) is 5.75 Å². The molecule has 5 nitrogen and oxygen atoms in total. The van der Waals surface area contributed by atoms with Crippen LogP contribution in [-0.4, -0.2) is 21.0 Å². The Morgan fingerprint density at radius 3 is 2.68 bits per heavy atom. The molecule has 0 atom stereocenters. The maximum Gasteiger partial charge on any atom is 0.260 e. The predicted molar refractivity (Wildman–Crippen MR) is 75.8 cm³/mol. The molecule has 1 aromatic carbocycles. The lowest BCUT2D eigenvalue weighted by Gasteiger charge is -2.07. The molecule has 1 aromatic heterocycles. The number of phenols is 1. The fraction of sp³-hybridized carbons (Fsp3) is 0. The van der Waals surface area contributed by atoms with Gasteiger partial charge in [-0.3, -0.25) is 4.79 Å². The molecule has 0 aliphatic carbocycles. The summed E-state index contributed by atoms with van der Waals surface area (Å²) in [6.45, 7) is 0. The van der Waals surface area contributed by atoms with E-state index < -0.39 is 5.91 Å². The van der Waals surface area contributed by atoms with Gasteiger partial charge in [-0.1, -0.05) is 27.5 Å². The van der Waals surface area contributed by atoms with Crippen LogP contribution < -0.4 is 5.32 Å². The number of amides is 1. The number of aromatic hydroxyl groups is 1. The average molecular weight is 363 g/mol. The molecule has 0 fully saturated rings. The van der Waals surface area contributed by atoms with E-state index in [1.54, 1.807) is 6.07 Å². The van der Waals surface area contributed by atoms with Crippen molar-refractivity contribution in [2.75, 3.05) is 5.32 Å². The van der Waals surface area contributed by atoms with E-state index in [-0.39, 0.29) is 27.6 Å². The molecule has 0 saturated heterocycles. The molecule has 2 N–H and O–H groups in total. The zero-order valence-electron chi connectivity index (χ0n) is 9.19. The molecule has 0 bridgehead atoms. The number of carbonyl (C=O) groups is 1. The van der Waals surface area contributed by atoms with Crippen molar-refractivity contribution in [2.24, 2.45) is 0 Å². The number of halogens is 3. The second-order valence-corrected chi connectivity index (χ2v) is 5.10. The summed E-state index contributed by atoms with van der Waals surface area (Å²) >= 11 is 14.5. The van der Waals surface area contributed by atoms with Crippen LogP contribution in [0, 0.1) is 0 Å². The molecule has 2 rings (SSSR count). The van der Waals surface area contributed by atoms with Crippen molar-refractivity contribution in [3.05, 3.63) is 44.7 Å². The van der Waals surface area contributed by atoms with E-state index in [2.05, 4.69) is 31.2 Å². The van der Waals surface area contributed by atoms with Gasteiger partial charge < -0.3 is 10.4 Å². The van der Waals surface area contributed by atoms with Gasteiger partial charge in [-0.2, -0.15) is 0 Å². The number of nitrogens with one attached hydrogen (secondary N) is 1.